The second kappa shape index (κ2) is 4.61. The summed E-state index contributed by atoms with van der Waals surface area (Å²) in [6, 6.07) is 3.05. The maximum Gasteiger partial charge on any atom is 0.371 e. The molecule has 17 heavy (non-hydrogen) atoms. The molecule has 1 N–H and O–H groups in total. The Balaban J connectivity index is 2.13. The van der Waals surface area contributed by atoms with E-state index in [1.54, 1.807) is 4.90 Å². The van der Waals surface area contributed by atoms with Gasteiger partial charge < -0.3 is 14.4 Å². The summed E-state index contributed by atoms with van der Waals surface area (Å²) in [5.74, 6) is -1.44. The van der Waals surface area contributed by atoms with E-state index in [4.69, 9.17) is 9.52 Å². The third kappa shape index (κ3) is 2.49. The smallest absolute Gasteiger partial charge is 0.371 e. The maximum absolute atomic E-state index is 12.1. The standard InChI is InChI=1S/C12H15NO4/c1-2-7-13(8-3-4-8)11(14)9-5-6-10(17-9)12(15)16/h5-6,8H,2-4,7H2,1H3,(H,15,16). The van der Waals surface area contributed by atoms with Crippen LogP contribution in [0.25, 0.3) is 0 Å². The van der Waals surface area contributed by atoms with Gasteiger partial charge in [0.1, 0.15) is 0 Å². The number of furan rings is 1. The van der Waals surface area contributed by atoms with Gasteiger partial charge in [-0.25, -0.2) is 4.79 Å². The highest BCUT2D eigenvalue weighted by Gasteiger charge is 2.33. The zero-order chi connectivity index (χ0) is 12.4. The Hall–Kier alpha value is -1.78. The lowest BCUT2D eigenvalue weighted by molar-refractivity contribution is 0.0647. The van der Waals surface area contributed by atoms with Gasteiger partial charge in [-0.3, -0.25) is 4.79 Å². The van der Waals surface area contributed by atoms with Crippen LogP contribution in [0.4, 0.5) is 0 Å². The molecule has 0 unspecified atom stereocenters. The molecule has 1 amide bonds. The maximum atomic E-state index is 12.1. The number of nitrogens with zero attached hydrogens (tertiary/aromatic N) is 1. The van der Waals surface area contributed by atoms with Crippen molar-refractivity contribution in [3.63, 3.8) is 0 Å². The van der Waals surface area contributed by atoms with E-state index in [-0.39, 0.29) is 17.4 Å². The van der Waals surface area contributed by atoms with Gasteiger partial charge in [0, 0.05) is 12.6 Å². The summed E-state index contributed by atoms with van der Waals surface area (Å²) in [7, 11) is 0. The van der Waals surface area contributed by atoms with Crippen LogP contribution in [0.5, 0.6) is 0 Å². The molecule has 1 aromatic heterocycles. The van der Waals surface area contributed by atoms with E-state index in [1.165, 1.54) is 12.1 Å². The molecule has 0 aromatic carbocycles. The van der Waals surface area contributed by atoms with Gasteiger partial charge in [-0.1, -0.05) is 6.92 Å². The molecule has 2 rings (SSSR count). The number of hydrogen-bond donors (Lipinski definition) is 1. The van der Waals surface area contributed by atoms with Crippen LogP contribution in [-0.2, 0) is 0 Å². The van der Waals surface area contributed by atoms with Gasteiger partial charge in [-0.15, -0.1) is 0 Å². The van der Waals surface area contributed by atoms with Crippen molar-refractivity contribution < 1.29 is 19.1 Å². The van der Waals surface area contributed by atoms with E-state index in [0.29, 0.717) is 12.6 Å². The van der Waals surface area contributed by atoms with Crippen LogP contribution in [0.1, 0.15) is 47.3 Å². The van der Waals surface area contributed by atoms with Crippen LogP contribution in [-0.4, -0.2) is 34.5 Å². The molecule has 0 atom stereocenters. The Kier molecular flexibility index (Phi) is 3.17. The van der Waals surface area contributed by atoms with Crippen LogP contribution in [0.3, 0.4) is 0 Å². The average Bonchev–Trinajstić information content (AvgIpc) is 3.00. The third-order valence-electron chi connectivity index (χ3n) is 2.74. The molecule has 5 nitrogen and oxygen atoms in total. The van der Waals surface area contributed by atoms with Gasteiger partial charge in [0.05, 0.1) is 0 Å². The highest BCUT2D eigenvalue weighted by atomic mass is 16.4. The largest absolute Gasteiger partial charge is 0.475 e. The average molecular weight is 237 g/mol. The highest BCUT2D eigenvalue weighted by Crippen LogP contribution is 2.28. The molecule has 1 aliphatic carbocycles. The Labute approximate surface area is 99.0 Å². The fourth-order valence-electron chi connectivity index (χ4n) is 1.79. The number of carbonyl (C=O) groups is 2. The van der Waals surface area contributed by atoms with E-state index >= 15 is 0 Å². The molecular weight excluding hydrogens is 222 g/mol. The van der Waals surface area contributed by atoms with Gasteiger partial charge >= 0.3 is 5.97 Å². The third-order valence-corrected chi connectivity index (χ3v) is 2.74. The minimum absolute atomic E-state index is 0.114. The second-order valence-electron chi connectivity index (χ2n) is 4.20. The van der Waals surface area contributed by atoms with Gasteiger partial charge in [-0.2, -0.15) is 0 Å². The lowest BCUT2D eigenvalue weighted by atomic mass is 10.3. The second-order valence-corrected chi connectivity index (χ2v) is 4.20. The molecule has 0 spiro atoms. The number of carboxylic acids is 1. The molecule has 5 heteroatoms. The normalized spacial score (nSPS) is 14.6. The van der Waals surface area contributed by atoms with Crippen molar-refractivity contribution in [3.05, 3.63) is 23.7 Å². The van der Waals surface area contributed by atoms with Crippen molar-refractivity contribution in [2.24, 2.45) is 0 Å². The quantitative estimate of drug-likeness (QED) is 0.850. The summed E-state index contributed by atoms with van der Waals surface area (Å²) in [4.78, 5) is 24.5. The molecule has 1 fully saturated rings. The van der Waals surface area contributed by atoms with Crippen LogP contribution < -0.4 is 0 Å². The number of carboxylic acid groups (broad SMARTS) is 1. The summed E-state index contributed by atoms with van der Waals surface area (Å²) in [6.45, 7) is 2.69. The molecular formula is C12H15NO4. The first kappa shape index (κ1) is 11.7. The van der Waals surface area contributed by atoms with Crippen molar-refractivity contribution >= 4 is 11.9 Å². The van der Waals surface area contributed by atoms with Crippen molar-refractivity contribution in [2.75, 3.05) is 6.54 Å². The molecule has 1 heterocycles. The molecule has 0 bridgehead atoms. The zero-order valence-electron chi connectivity index (χ0n) is 9.68. The van der Waals surface area contributed by atoms with Gasteiger partial charge in [-0.05, 0) is 31.4 Å². The lowest BCUT2D eigenvalue weighted by Gasteiger charge is -2.20. The Morgan fingerprint density at radius 3 is 2.53 bits per heavy atom. The molecule has 92 valence electrons. The number of amides is 1. The molecule has 0 radical (unpaired) electrons. The fraction of sp³-hybridized carbons (Fsp3) is 0.500. The Morgan fingerprint density at radius 2 is 2.06 bits per heavy atom. The SMILES string of the molecule is CCCN(C(=O)c1ccc(C(=O)O)o1)C1CC1. The Morgan fingerprint density at radius 1 is 1.41 bits per heavy atom. The highest BCUT2D eigenvalue weighted by molar-refractivity contribution is 5.93. The van der Waals surface area contributed by atoms with Crippen LogP contribution in [0, 0.1) is 0 Å². The van der Waals surface area contributed by atoms with Crippen molar-refractivity contribution in [1.82, 2.24) is 4.90 Å². The summed E-state index contributed by atoms with van der Waals surface area (Å²) in [5.41, 5.74) is 0. The van der Waals surface area contributed by atoms with E-state index in [1.807, 2.05) is 6.92 Å². The van der Waals surface area contributed by atoms with Crippen LogP contribution >= 0.6 is 0 Å². The summed E-state index contributed by atoms with van der Waals surface area (Å²) >= 11 is 0. The van der Waals surface area contributed by atoms with E-state index in [9.17, 15) is 9.59 Å². The first-order valence-corrected chi connectivity index (χ1v) is 5.77. The van der Waals surface area contributed by atoms with E-state index in [0.717, 1.165) is 19.3 Å². The zero-order valence-corrected chi connectivity index (χ0v) is 9.68. The molecule has 1 saturated carbocycles. The van der Waals surface area contributed by atoms with Crippen molar-refractivity contribution in [1.29, 1.82) is 0 Å². The van der Waals surface area contributed by atoms with Crippen LogP contribution in [0.15, 0.2) is 16.5 Å². The number of carbonyl (C=O) groups excluding carboxylic acids is 1. The molecule has 0 saturated heterocycles. The number of aromatic carboxylic acids is 1. The molecule has 1 aliphatic rings. The minimum atomic E-state index is -1.16. The van der Waals surface area contributed by atoms with Crippen molar-refractivity contribution in [2.45, 2.75) is 32.2 Å². The first-order chi connectivity index (χ1) is 8.13. The predicted molar refractivity (Wildman–Crippen MR) is 60.0 cm³/mol. The summed E-state index contributed by atoms with van der Waals surface area (Å²) in [6.07, 6.45) is 2.94. The van der Waals surface area contributed by atoms with Gasteiger partial charge in [0.25, 0.3) is 5.91 Å². The molecule has 0 aliphatic heterocycles. The monoisotopic (exact) mass is 237 g/mol. The fourth-order valence-corrected chi connectivity index (χ4v) is 1.79. The summed E-state index contributed by atoms with van der Waals surface area (Å²) in [5, 5.41) is 8.72. The van der Waals surface area contributed by atoms with E-state index in [2.05, 4.69) is 0 Å². The van der Waals surface area contributed by atoms with Crippen LogP contribution in [0.2, 0.25) is 0 Å². The topological polar surface area (TPSA) is 70.8 Å². The Bertz CT molecular complexity index is 433. The van der Waals surface area contributed by atoms with Gasteiger partial charge in [0.2, 0.25) is 5.76 Å². The predicted octanol–water partition coefficient (Wildman–Crippen LogP) is 1.99. The van der Waals surface area contributed by atoms with Crippen molar-refractivity contribution in [3.8, 4) is 0 Å². The molecule has 1 aromatic rings. The number of rotatable bonds is 5. The lowest BCUT2D eigenvalue weighted by Crippen LogP contribution is -2.33. The van der Waals surface area contributed by atoms with Gasteiger partial charge in [0.15, 0.2) is 5.76 Å². The minimum Gasteiger partial charge on any atom is -0.475 e. The summed E-state index contributed by atoms with van der Waals surface area (Å²) < 4.78 is 5.02. The number of hydrogen-bond acceptors (Lipinski definition) is 3. The van der Waals surface area contributed by atoms with E-state index < -0.39 is 5.97 Å². The first-order valence-electron chi connectivity index (χ1n) is 5.77.